The minimum atomic E-state index is -0.0900. The van der Waals surface area contributed by atoms with Crippen molar-refractivity contribution >= 4 is 17.5 Å². The fourth-order valence-electron chi connectivity index (χ4n) is 2.25. The maximum absolute atomic E-state index is 12.6. The van der Waals surface area contributed by atoms with E-state index in [0.717, 1.165) is 5.82 Å². The summed E-state index contributed by atoms with van der Waals surface area (Å²) in [5.41, 5.74) is 0.505. The van der Waals surface area contributed by atoms with Gasteiger partial charge in [0.1, 0.15) is 12.1 Å². The van der Waals surface area contributed by atoms with Crippen LogP contribution in [0.1, 0.15) is 16.2 Å². The fourth-order valence-corrected chi connectivity index (χ4v) is 2.41. The molecule has 1 aromatic carbocycles. The Labute approximate surface area is 120 Å². The van der Waals surface area contributed by atoms with Gasteiger partial charge in [0.2, 0.25) is 0 Å². The lowest BCUT2D eigenvalue weighted by molar-refractivity contribution is 0.0704. The number of halogens is 1. The highest BCUT2D eigenvalue weighted by atomic mass is 35.5. The molecular formula is C13H13ClN4O2. The normalized spacial score (nSPS) is 14.0. The number of fused-ring (bicyclic) bond motifs is 1. The van der Waals surface area contributed by atoms with E-state index in [9.17, 15) is 4.79 Å². The van der Waals surface area contributed by atoms with Crippen LogP contribution in [0.15, 0.2) is 24.5 Å². The first-order valence-corrected chi connectivity index (χ1v) is 6.56. The quantitative estimate of drug-likeness (QED) is 0.843. The van der Waals surface area contributed by atoms with Crippen LogP contribution in [0.3, 0.4) is 0 Å². The van der Waals surface area contributed by atoms with Crippen molar-refractivity contribution in [2.45, 2.75) is 13.1 Å². The topological polar surface area (TPSA) is 60.2 Å². The molecule has 20 heavy (non-hydrogen) atoms. The number of hydrogen-bond acceptors (Lipinski definition) is 4. The lowest BCUT2D eigenvalue weighted by Crippen LogP contribution is -2.38. The molecule has 2 aromatic rings. The maximum atomic E-state index is 12.6. The number of ether oxygens (including phenoxy) is 1. The van der Waals surface area contributed by atoms with Crippen LogP contribution < -0.4 is 4.74 Å². The smallest absolute Gasteiger partial charge is 0.258 e. The van der Waals surface area contributed by atoms with Gasteiger partial charge in [0.15, 0.2) is 5.82 Å². The molecular weight excluding hydrogens is 280 g/mol. The van der Waals surface area contributed by atoms with E-state index in [2.05, 4.69) is 10.2 Å². The summed E-state index contributed by atoms with van der Waals surface area (Å²) in [4.78, 5) is 14.3. The molecule has 0 atom stereocenters. The summed E-state index contributed by atoms with van der Waals surface area (Å²) in [5, 5.41) is 8.39. The summed E-state index contributed by atoms with van der Waals surface area (Å²) in [6.45, 7) is 1.77. The van der Waals surface area contributed by atoms with Crippen LogP contribution in [-0.2, 0) is 13.1 Å². The van der Waals surface area contributed by atoms with Crippen molar-refractivity contribution in [2.24, 2.45) is 0 Å². The number of carbonyl (C=O) groups is 1. The Morgan fingerprint density at radius 3 is 3.05 bits per heavy atom. The molecule has 0 saturated heterocycles. The highest BCUT2D eigenvalue weighted by Crippen LogP contribution is 2.25. The van der Waals surface area contributed by atoms with E-state index in [0.29, 0.717) is 36.0 Å². The Morgan fingerprint density at radius 2 is 2.25 bits per heavy atom. The minimum absolute atomic E-state index is 0.0900. The first kappa shape index (κ1) is 12.9. The molecule has 7 heteroatoms. The third-order valence-electron chi connectivity index (χ3n) is 3.32. The van der Waals surface area contributed by atoms with Crippen molar-refractivity contribution in [3.63, 3.8) is 0 Å². The van der Waals surface area contributed by atoms with E-state index in [1.807, 2.05) is 4.57 Å². The van der Waals surface area contributed by atoms with Crippen molar-refractivity contribution in [3.8, 4) is 5.75 Å². The Bertz CT molecular complexity index is 656. The zero-order chi connectivity index (χ0) is 14.1. The lowest BCUT2D eigenvalue weighted by Gasteiger charge is -2.27. The average molecular weight is 293 g/mol. The molecule has 1 aliphatic rings. The monoisotopic (exact) mass is 292 g/mol. The molecule has 0 saturated carbocycles. The van der Waals surface area contributed by atoms with Gasteiger partial charge in [-0.25, -0.2) is 0 Å². The molecule has 0 N–H and O–H groups in total. The molecule has 3 rings (SSSR count). The van der Waals surface area contributed by atoms with E-state index in [-0.39, 0.29) is 5.91 Å². The van der Waals surface area contributed by atoms with Gasteiger partial charge in [0.25, 0.3) is 5.91 Å². The van der Waals surface area contributed by atoms with Gasteiger partial charge in [0, 0.05) is 18.1 Å². The molecule has 2 heterocycles. The molecule has 1 aromatic heterocycles. The van der Waals surface area contributed by atoms with E-state index in [1.165, 1.54) is 7.11 Å². The second kappa shape index (κ2) is 5.13. The summed E-state index contributed by atoms with van der Waals surface area (Å²) in [6.07, 6.45) is 1.68. The first-order chi connectivity index (χ1) is 9.69. The summed E-state index contributed by atoms with van der Waals surface area (Å²) in [5.74, 6) is 1.18. The third kappa shape index (κ3) is 2.22. The number of amides is 1. The van der Waals surface area contributed by atoms with Gasteiger partial charge in [-0.1, -0.05) is 11.6 Å². The lowest BCUT2D eigenvalue weighted by atomic mass is 10.1. The molecule has 0 aliphatic carbocycles. The second-order valence-corrected chi connectivity index (χ2v) is 4.95. The van der Waals surface area contributed by atoms with Gasteiger partial charge in [-0.05, 0) is 18.2 Å². The molecule has 6 nitrogen and oxygen atoms in total. The standard InChI is InChI=1S/C13H13ClN4O2/c1-20-11-6-9(14)2-3-10(11)13(19)17-4-5-18-8-15-16-12(18)7-17/h2-3,6,8H,4-5,7H2,1H3. The molecule has 0 unspecified atom stereocenters. The fraction of sp³-hybridized carbons (Fsp3) is 0.308. The van der Waals surface area contributed by atoms with Crippen molar-refractivity contribution in [3.05, 3.63) is 40.9 Å². The Hall–Kier alpha value is -2.08. The number of benzene rings is 1. The average Bonchev–Trinajstić information content (AvgIpc) is 2.93. The van der Waals surface area contributed by atoms with Crippen LogP contribution in [0.4, 0.5) is 0 Å². The van der Waals surface area contributed by atoms with Crippen molar-refractivity contribution in [2.75, 3.05) is 13.7 Å². The van der Waals surface area contributed by atoms with Crippen LogP contribution in [-0.4, -0.2) is 39.2 Å². The van der Waals surface area contributed by atoms with E-state index < -0.39 is 0 Å². The van der Waals surface area contributed by atoms with Gasteiger partial charge in [-0.2, -0.15) is 0 Å². The summed E-state index contributed by atoms with van der Waals surface area (Å²) >= 11 is 5.91. The molecule has 0 radical (unpaired) electrons. The number of methoxy groups -OCH3 is 1. The van der Waals surface area contributed by atoms with Gasteiger partial charge in [-0.15, -0.1) is 10.2 Å². The highest BCUT2D eigenvalue weighted by molar-refractivity contribution is 6.30. The van der Waals surface area contributed by atoms with Crippen LogP contribution in [0, 0.1) is 0 Å². The Kier molecular flexibility index (Phi) is 3.31. The predicted octanol–water partition coefficient (Wildman–Crippen LogP) is 1.60. The number of rotatable bonds is 2. The largest absolute Gasteiger partial charge is 0.496 e. The molecule has 0 fully saturated rings. The van der Waals surface area contributed by atoms with Gasteiger partial charge in [0.05, 0.1) is 19.2 Å². The van der Waals surface area contributed by atoms with Crippen LogP contribution >= 0.6 is 11.6 Å². The third-order valence-corrected chi connectivity index (χ3v) is 3.56. The minimum Gasteiger partial charge on any atom is -0.496 e. The summed E-state index contributed by atoms with van der Waals surface area (Å²) in [6, 6.07) is 5.01. The zero-order valence-corrected chi connectivity index (χ0v) is 11.7. The molecule has 1 aliphatic heterocycles. The predicted molar refractivity (Wildman–Crippen MR) is 72.8 cm³/mol. The van der Waals surface area contributed by atoms with Crippen LogP contribution in [0.2, 0.25) is 5.02 Å². The van der Waals surface area contributed by atoms with Crippen LogP contribution in [0.5, 0.6) is 5.75 Å². The van der Waals surface area contributed by atoms with Crippen molar-refractivity contribution in [1.82, 2.24) is 19.7 Å². The van der Waals surface area contributed by atoms with E-state index in [4.69, 9.17) is 16.3 Å². The first-order valence-electron chi connectivity index (χ1n) is 6.18. The van der Waals surface area contributed by atoms with Crippen molar-refractivity contribution in [1.29, 1.82) is 0 Å². The summed E-state index contributed by atoms with van der Waals surface area (Å²) < 4.78 is 7.17. The molecule has 1 amide bonds. The highest BCUT2D eigenvalue weighted by Gasteiger charge is 2.24. The number of hydrogen-bond donors (Lipinski definition) is 0. The molecule has 104 valence electrons. The Balaban J connectivity index is 1.87. The SMILES string of the molecule is COc1cc(Cl)ccc1C(=O)N1CCn2cnnc2C1. The van der Waals surface area contributed by atoms with Gasteiger partial charge < -0.3 is 14.2 Å². The second-order valence-electron chi connectivity index (χ2n) is 4.51. The molecule has 0 spiro atoms. The van der Waals surface area contributed by atoms with Crippen molar-refractivity contribution < 1.29 is 9.53 Å². The number of aromatic nitrogens is 3. The van der Waals surface area contributed by atoms with Gasteiger partial charge >= 0.3 is 0 Å². The maximum Gasteiger partial charge on any atom is 0.258 e. The van der Waals surface area contributed by atoms with Gasteiger partial charge in [-0.3, -0.25) is 4.79 Å². The number of carbonyl (C=O) groups excluding carboxylic acids is 1. The number of nitrogens with zero attached hydrogens (tertiary/aromatic N) is 4. The summed E-state index contributed by atoms with van der Waals surface area (Å²) in [7, 11) is 1.52. The molecule has 0 bridgehead atoms. The Morgan fingerprint density at radius 1 is 1.40 bits per heavy atom. The van der Waals surface area contributed by atoms with Crippen LogP contribution in [0.25, 0.3) is 0 Å². The zero-order valence-electron chi connectivity index (χ0n) is 10.9. The van der Waals surface area contributed by atoms with E-state index >= 15 is 0 Å². The van der Waals surface area contributed by atoms with E-state index in [1.54, 1.807) is 29.4 Å².